The van der Waals surface area contributed by atoms with Crippen LogP contribution in [-0.2, 0) is 14.3 Å². The summed E-state index contributed by atoms with van der Waals surface area (Å²) in [6.07, 6.45) is 4.38. The number of aliphatic carboxylic acids is 1. The van der Waals surface area contributed by atoms with E-state index in [4.69, 9.17) is 9.84 Å². The lowest BCUT2D eigenvalue weighted by Gasteiger charge is -2.49. The van der Waals surface area contributed by atoms with Crippen molar-refractivity contribution in [2.45, 2.75) is 129 Å². The second-order valence-electron chi connectivity index (χ2n) is 12.3. The molecule has 6 heteroatoms. The summed E-state index contributed by atoms with van der Waals surface area (Å²) in [6.45, 7) is 17.3. The molecule has 0 aromatic heterocycles. The maximum absolute atomic E-state index is 13.4. The predicted octanol–water partition coefficient (Wildman–Crippen LogP) is 4.27. The molecule has 0 bridgehead atoms. The van der Waals surface area contributed by atoms with Crippen LogP contribution < -0.4 is 10.6 Å². The molecule has 0 aliphatic carbocycles. The summed E-state index contributed by atoms with van der Waals surface area (Å²) in [5.41, 5.74) is -0.332. The molecule has 3 N–H and O–H groups in total. The Kier molecular flexibility index (Phi) is 7.35. The van der Waals surface area contributed by atoms with Crippen molar-refractivity contribution in [1.82, 2.24) is 10.6 Å². The molecule has 0 aromatic carbocycles. The quantitative estimate of drug-likeness (QED) is 0.529. The molecular weight excluding hydrogens is 380 g/mol. The van der Waals surface area contributed by atoms with Gasteiger partial charge in [-0.25, -0.2) is 0 Å². The van der Waals surface area contributed by atoms with E-state index in [1.54, 1.807) is 0 Å². The Morgan fingerprint density at radius 3 is 1.73 bits per heavy atom. The third-order valence-electron chi connectivity index (χ3n) is 6.43. The molecule has 0 amide bonds. The summed E-state index contributed by atoms with van der Waals surface area (Å²) in [5.74, 6) is -1.03. The van der Waals surface area contributed by atoms with Crippen molar-refractivity contribution < 1.29 is 19.4 Å². The van der Waals surface area contributed by atoms with E-state index in [9.17, 15) is 9.59 Å². The van der Waals surface area contributed by atoms with Gasteiger partial charge in [0.2, 0.25) is 0 Å². The zero-order chi connectivity index (χ0) is 23.0. The van der Waals surface area contributed by atoms with E-state index in [1.807, 2.05) is 0 Å². The van der Waals surface area contributed by atoms with E-state index < -0.39 is 5.97 Å². The molecule has 2 saturated heterocycles. The van der Waals surface area contributed by atoms with Crippen LogP contribution in [0, 0.1) is 11.8 Å². The van der Waals surface area contributed by atoms with Crippen molar-refractivity contribution in [2.75, 3.05) is 0 Å². The molecule has 2 fully saturated rings. The van der Waals surface area contributed by atoms with Crippen LogP contribution in [-0.4, -0.2) is 45.3 Å². The van der Waals surface area contributed by atoms with Gasteiger partial charge in [0.1, 0.15) is 6.10 Å². The van der Waals surface area contributed by atoms with Gasteiger partial charge in [-0.15, -0.1) is 0 Å². The minimum Gasteiger partial charge on any atom is -0.481 e. The number of piperidine rings is 2. The van der Waals surface area contributed by atoms with Gasteiger partial charge in [-0.05, 0) is 87.0 Å². The van der Waals surface area contributed by atoms with Crippen LogP contribution >= 0.6 is 0 Å². The number of carbonyl (C=O) groups excluding carboxylic acids is 1. The number of ether oxygens (including phenoxy) is 1. The molecular formula is C24H44N2O4. The number of carbonyl (C=O) groups is 2. The van der Waals surface area contributed by atoms with Gasteiger partial charge in [0, 0.05) is 41.4 Å². The van der Waals surface area contributed by atoms with Gasteiger partial charge < -0.3 is 20.5 Å². The first-order valence-corrected chi connectivity index (χ1v) is 11.5. The zero-order valence-electron chi connectivity index (χ0n) is 20.4. The first-order valence-electron chi connectivity index (χ1n) is 11.5. The van der Waals surface area contributed by atoms with E-state index >= 15 is 0 Å². The van der Waals surface area contributed by atoms with Gasteiger partial charge in [0.05, 0.1) is 5.92 Å². The summed E-state index contributed by atoms with van der Waals surface area (Å²) >= 11 is 0. The molecule has 0 aromatic rings. The monoisotopic (exact) mass is 424 g/mol. The Labute approximate surface area is 182 Å². The van der Waals surface area contributed by atoms with Crippen molar-refractivity contribution in [1.29, 1.82) is 0 Å². The second kappa shape index (κ2) is 8.78. The van der Waals surface area contributed by atoms with Crippen LogP contribution in [0.1, 0.15) is 100 Å². The Morgan fingerprint density at radius 2 is 1.30 bits per heavy atom. The summed E-state index contributed by atoms with van der Waals surface area (Å²) < 4.78 is 6.13. The smallest absolute Gasteiger partial charge is 0.309 e. The molecule has 1 unspecified atom stereocenters. The number of esters is 1. The second-order valence-corrected chi connectivity index (χ2v) is 12.3. The van der Waals surface area contributed by atoms with E-state index in [1.165, 1.54) is 0 Å². The van der Waals surface area contributed by atoms with E-state index in [-0.39, 0.29) is 52.5 Å². The molecule has 30 heavy (non-hydrogen) atoms. The standard InChI is InChI=1S/C24H44N2O4/c1-21(2)12-16(13-22(3,4)25-21)18(10-9-11-19(27)28)20(29)30-17-14-23(5,6)26-24(7,8)15-17/h16-18,25-26H,9-15H2,1-8H3,(H,27,28). The van der Waals surface area contributed by atoms with Gasteiger partial charge >= 0.3 is 11.9 Å². The lowest BCUT2D eigenvalue weighted by molar-refractivity contribution is -0.162. The fraction of sp³-hybridized carbons (Fsp3) is 0.917. The SMILES string of the molecule is CC1(C)CC(OC(=O)C(CCCC(=O)O)C2CC(C)(C)NC(C)(C)C2)CC(C)(C)N1. The average molecular weight is 425 g/mol. The van der Waals surface area contributed by atoms with Crippen molar-refractivity contribution in [3.05, 3.63) is 0 Å². The van der Waals surface area contributed by atoms with Gasteiger partial charge in [0.15, 0.2) is 0 Å². The van der Waals surface area contributed by atoms with E-state index in [0.717, 1.165) is 25.7 Å². The molecule has 1 atom stereocenters. The van der Waals surface area contributed by atoms with Crippen molar-refractivity contribution >= 4 is 11.9 Å². The highest BCUT2D eigenvalue weighted by Gasteiger charge is 2.45. The number of carboxylic acids is 1. The van der Waals surface area contributed by atoms with Gasteiger partial charge in [0.25, 0.3) is 0 Å². The fourth-order valence-electron chi connectivity index (χ4n) is 6.27. The Bertz CT molecular complexity index is 607. The van der Waals surface area contributed by atoms with Gasteiger partial charge in [-0.1, -0.05) is 0 Å². The lowest BCUT2D eigenvalue weighted by Crippen LogP contribution is -2.60. The Balaban J connectivity index is 2.17. The van der Waals surface area contributed by atoms with Crippen LogP contribution in [0.4, 0.5) is 0 Å². The van der Waals surface area contributed by atoms with Crippen LogP contribution in [0.3, 0.4) is 0 Å². The molecule has 2 aliphatic heterocycles. The molecule has 2 aliphatic rings. The molecule has 6 nitrogen and oxygen atoms in total. The topological polar surface area (TPSA) is 87.7 Å². The number of nitrogens with one attached hydrogen (secondary N) is 2. The van der Waals surface area contributed by atoms with Crippen LogP contribution in [0.5, 0.6) is 0 Å². The third kappa shape index (κ3) is 7.52. The van der Waals surface area contributed by atoms with Crippen LogP contribution in [0.2, 0.25) is 0 Å². The summed E-state index contributed by atoms with van der Waals surface area (Å²) in [5, 5.41) is 16.4. The number of hydrogen-bond acceptors (Lipinski definition) is 5. The maximum Gasteiger partial charge on any atom is 0.309 e. The zero-order valence-corrected chi connectivity index (χ0v) is 20.4. The Hall–Kier alpha value is -1.14. The number of carboxylic acid groups (broad SMARTS) is 1. The highest BCUT2D eigenvalue weighted by atomic mass is 16.5. The van der Waals surface area contributed by atoms with Crippen molar-refractivity contribution in [3.63, 3.8) is 0 Å². The normalized spacial score (nSPS) is 26.7. The minimum absolute atomic E-state index is 0.0729. The molecule has 2 heterocycles. The van der Waals surface area contributed by atoms with E-state index in [0.29, 0.717) is 12.8 Å². The average Bonchev–Trinajstić information content (AvgIpc) is 2.44. The maximum atomic E-state index is 13.4. The summed E-state index contributed by atoms with van der Waals surface area (Å²) in [7, 11) is 0. The van der Waals surface area contributed by atoms with Crippen LogP contribution in [0.25, 0.3) is 0 Å². The largest absolute Gasteiger partial charge is 0.481 e. The highest BCUT2D eigenvalue weighted by Crippen LogP contribution is 2.40. The summed E-state index contributed by atoms with van der Waals surface area (Å²) in [4.78, 5) is 24.5. The third-order valence-corrected chi connectivity index (χ3v) is 6.43. The fourth-order valence-corrected chi connectivity index (χ4v) is 6.27. The Morgan fingerprint density at radius 1 is 0.867 bits per heavy atom. The highest BCUT2D eigenvalue weighted by molar-refractivity contribution is 5.73. The van der Waals surface area contributed by atoms with Crippen molar-refractivity contribution in [2.24, 2.45) is 11.8 Å². The first kappa shape index (κ1) is 25.1. The van der Waals surface area contributed by atoms with Gasteiger partial charge in [-0.3, -0.25) is 9.59 Å². The number of rotatable bonds is 7. The van der Waals surface area contributed by atoms with Crippen molar-refractivity contribution in [3.8, 4) is 0 Å². The number of hydrogen-bond donors (Lipinski definition) is 3. The van der Waals surface area contributed by atoms with E-state index in [2.05, 4.69) is 66.0 Å². The molecule has 0 saturated carbocycles. The molecule has 0 spiro atoms. The summed E-state index contributed by atoms with van der Waals surface area (Å²) in [6, 6.07) is 0. The predicted molar refractivity (Wildman–Crippen MR) is 119 cm³/mol. The molecule has 174 valence electrons. The lowest BCUT2D eigenvalue weighted by atomic mass is 9.69. The first-order chi connectivity index (χ1) is 13.5. The van der Waals surface area contributed by atoms with Gasteiger partial charge in [-0.2, -0.15) is 0 Å². The molecule has 2 rings (SSSR count). The molecule has 0 radical (unpaired) electrons. The minimum atomic E-state index is -0.810. The van der Waals surface area contributed by atoms with Crippen LogP contribution in [0.15, 0.2) is 0 Å².